The Balaban J connectivity index is 1.89. The van der Waals surface area contributed by atoms with E-state index in [9.17, 15) is 5.11 Å². The lowest BCUT2D eigenvalue weighted by Crippen LogP contribution is -2.45. The van der Waals surface area contributed by atoms with E-state index in [1.807, 2.05) is 6.92 Å². The van der Waals surface area contributed by atoms with Crippen molar-refractivity contribution in [3.8, 4) is 0 Å². The molecule has 100 valence electrons. The summed E-state index contributed by atoms with van der Waals surface area (Å²) < 4.78 is 0. The molecule has 17 heavy (non-hydrogen) atoms. The highest BCUT2D eigenvalue weighted by Gasteiger charge is 2.37. The number of hydrogen-bond donors (Lipinski definition) is 2. The molecule has 3 heteroatoms. The minimum atomic E-state index is -0.478. The fourth-order valence-electron chi connectivity index (χ4n) is 3.48. The van der Waals surface area contributed by atoms with Gasteiger partial charge in [0.15, 0.2) is 0 Å². The third-order valence-electron chi connectivity index (χ3n) is 4.60. The van der Waals surface area contributed by atoms with E-state index in [1.54, 1.807) is 0 Å². The minimum Gasteiger partial charge on any atom is -0.389 e. The summed E-state index contributed by atoms with van der Waals surface area (Å²) >= 11 is 0. The van der Waals surface area contributed by atoms with Gasteiger partial charge in [0.25, 0.3) is 0 Å². The normalized spacial score (nSPS) is 42.9. The van der Waals surface area contributed by atoms with Crippen molar-refractivity contribution in [3.05, 3.63) is 0 Å². The molecule has 2 fully saturated rings. The Hall–Kier alpha value is -0.120. The van der Waals surface area contributed by atoms with Crippen LogP contribution in [0.15, 0.2) is 0 Å². The van der Waals surface area contributed by atoms with Gasteiger partial charge in [-0.15, -0.1) is 0 Å². The minimum absolute atomic E-state index is 0.355. The largest absolute Gasteiger partial charge is 0.389 e. The summed E-state index contributed by atoms with van der Waals surface area (Å²) in [5.41, 5.74) is 6.23. The molecule has 1 saturated heterocycles. The number of aliphatic hydroxyl groups is 1. The van der Waals surface area contributed by atoms with Crippen LogP contribution in [0.1, 0.15) is 46.5 Å². The van der Waals surface area contributed by atoms with E-state index < -0.39 is 5.60 Å². The topological polar surface area (TPSA) is 49.5 Å². The van der Waals surface area contributed by atoms with Crippen LogP contribution in [-0.2, 0) is 0 Å². The third kappa shape index (κ3) is 3.43. The number of nitrogens with zero attached hydrogens (tertiary/aromatic N) is 1. The summed E-state index contributed by atoms with van der Waals surface area (Å²) in [5.74, 6) is 0.604. The molecule has 0 radical (unpaired) electrons. The second-order valence-electron chi connectivity index (χ2n) is 7.31. The summed E-state index contributed by atoms with van der Waals surface area (Å²) in [4.78, 5) is 2.39. The molecule has 2 aliphatic rings. The predicted octanol–water partition coefficient (Wildman–Crippen LogP) is 1.60. The van der Waals surface area contributed by atoms with Gasteiger partial charge in [-0.25, -0.2) is 0 Å². The Morgan fingerprint density at radius 2 is 2.00 bits per heavy atom. The SMILES string of the molecule is CC1(C)CCC(N)C(CN2CCC(C)(O)C2)C1. The van der Waals surface area contributed by atoms with Crippen LogP contribution < -0.4 is 5.73 Å². The van der Waals surface area contributed by atoms with Crippen LogP contribution in [0.4, 0.5) is 0 Å². The third-order valence-corrected chi connectivity index (χ3v) is 4.60. The van der Waals surface area contributed by atoms with Gasteiger partial charge in [0.1, 0.15) is 0 Å². The summed E-state index contributed by atoms with van der Waals surface area (Å²) in [6.45, 7) is 9.56. The second-order valence-corrected chi connectivity index (χ2v) is 7.31. The van der Waals surface area contributed by atoms with Crippen molar-refractivity contribution < 1.29 is 5.11 Å². The number of nitrogens with two attached hydrogens (primary N) is 1. The molecule has 0 bridgehead atoms. The molecule has 1 heterocycles. The second kappa shape index (κ2) is 4.52. The molecule has 3 nitrogen and oxygen atoms in total. The zero-order valence-corrected chi connectivity index (χ0v) is 11.6. The van der Waals surface area contributed by atoms with Gasteiger partial charge in [-0.3, -0.25) is 0 Å². The first-order valence-electron chi connectivity index (χ1n) is 6.98. The van der Waals surface area contributed by atoms with Crippen molar-refractivity contribution in [1.29, 1.82) is 0 Å². The van der Waals surface area contributed by atoms with E-state index in [0.717, 1.165) is 32.5 Å². The molecule has 0 aromatic rings. The van der Waals surface area contributed by atoms with Crippen molar-refractivity contribution in [1.82, 2.24) is 4.90 Å². The molecule has 0 spiro atoms. The molecule has 1 saturated carbocycles. The van der Waals surface area contributed by atoms with Crippen molar-refractivity contribution in [2.24, 2.45) is 17.1 Å². The lowest BCUT2D eigenvalue weighted by Gasteiger charge is -2.40. The summed E-state index contributed by atoms with van der Waals surface area (Å²) in [6.07, 6.45) is 4.54. The van der Waals surface area contributed by atoms with Crippen molar-refractivity contribution >= 4 is 0 Å². The fourth-order valence-corrected chi connectivity index (χ4v) is 3.48. The van der Waals surface area contributed by atoms with Crippen LogP contribution in [0, 0.1) is 11.3 Å². The highest BCUT2D eigenvalue weighted by atomic mass is 16.3. The maximum Gasteiger partial charge on any atom is 0.0758 e. The van der Waals surface area contributed by atoms with E-state index in [0.29, 0.717) is 17.4 Å². The maximum atomic E-state index is 9.99. The molecule has 1 aliphatic heterocycles. The number of likely N-dealkylation sites (tertiary alicyclic amines) is 1. The van der Waals surface area contributed by atoms with Crippen molar-refractivity contribution in [2.75, 3.05) is 19.6 Å². The Labute approximate surface area is 105 Å². The maximum absolute atomic E-state index is 9.99. The van der Waals surface area contributed by atoms with Crippen LogP contribution in [-0.4, -0.2) is 41.3 Å². The summed E-state index contributed by atoms with van der Waals surface area (Å²) in [5, 5.41) is 9.99. The van der Waals surface area contributed by atoms with Crippen molar-refractivity contribution in [2.45, 2.75) is 58.1 Å². The molecule has 0 amide bonds. The molecule has 3 unspecified atom stereocenters. The predicted molar refractivity (Wildman–Crippen MR) is 70.8 cm³/mol. The van der Waals surface area contributed by atoms with Gasteiger partial charge in [-0.1, -0.05) is 13.8 Å². The average Bonchev–Trinajstić information content (AvgIpc) is 2.52. The molecule has 0 aromatic carbocycles. The highest BCUT2D eigenvalue weighted by molar-refractivity contribution is 4.92. The lowest BCUT2D eigenvalue weighted by atomic mass is 9.70. The average molecular weight is 240 g/mol. The van der Waals surface area contributed by atoms with Gasteiger partial charge < -0.3 is 15.7 Å². The van der Waals surface area contributed by atoms with Crippen LogP contribution in [0.25, 0.3) is 0 Å². The van der Waals surface area contributed by atoms with Gasteiger partial charge in [-0.05, 0) is 43.9 Å². The van der Waals surface area contributed by atoms with Gasteiger partial charge in [0.2, 0.25) is 0 Å². The number of rotatable bonds is 2. The first-order chi connectivity index (χ1) is 7.77. The summed E-state index contributed by atoms with van der Waals surface area (Å²) in [7, 11) is 0. The van der Waals surface area contributed by atoms with E-state index in [1.165, 1.54) is 12.8 Å². The highest BCUT2D eigenvalue weighted by Crippen LogP contribution is 2.38. The first kappa shape index (κ1) is 13.3. The van der Waals surface area contributed by atoms with E-state index in [2.05, 4.69) is 18.7 Å². The van der Waals surface area contributed by atoms with Gasteiger partial charge in [0.05, 0.1) is 5.60 Å². The van der Waals surface area contributed by atoms with E-state index in [-0.39, 0.29) is 0 Å². The number of β-amino-alcohol motifs (C(OH)–C–C–N with tert-alkyl or cyclic N) is 1. The summed E-state index contributed by atoms with van der Waals surface area (Å²) in [6, 6.07) is 0.355. The zero-order chi connectivity index (χ0) is 12.7. The Morgan fingerprint density at radius 3 is 2.59 bits per heavy atom. The van der Waals surface area contributed by atoms with Gasteiger partial charge in [-0.2, -0.15) is 0 Å². The standard InChI is InChI=1S/C14H28N2O/c1-13(2)5-4-12(15)11(8-13)9-16-7-6-14(3,17)10-16/h11-12,17H,4-10,15H2,1-3H3. The molecule has 3 atom stereocenters. The Morgan fingerprint density at radius 1 is 1.29 bits per heavy atom. The molecule has 0 aromatic heterocycles. The quantitative estimate of drug-likeness (QED) is 0.771. The van der Waals surface area contributed by atoms with E-state index >= 15 is 0 Å². The zero-order valence-electron chi connectivity index (χ0n) is 11.6. The molecule has 3 N–H and O–H groups in total. The lowest BCUT2D eigenvalue weighted by molar-refractivity contribution is 0.0602. The van der Waals surface area contributed by atoms with Crippen molar-refractivity contribution in [3.63, 3.8) is 0 Å². The molecule has 1 aliphatic carbocycles. The monoisotopic (exact) mass is 240 g/mol. The molecule has 2 rings (SSSR count). The first-order valence-corrected chi connectivity index (χ1v) is 6.98. The van der Waals surface area contributed by atoms with Crippen LogP contribution in [0.3, 0.4) is 0 Å². The molecular formula is C14H28N2O. The smallest absolute Gasteiger partial charge is 0.0758 e. The van der Waals surface area contributed by atoms with Crippen LogP contribution >= 0.6 is 0 Å². The van der Waals surface area contributed by atoms with Crippen LogP contribution in [0.5, 0.6) is 0 Å². The Bertz CT molecular complexity index is 275. The number of hydrogen-bond acceptors (Lipinski definition) is 3. The van der Waals surface area contributed by atoms with Gasteiger partial charge >= 0.3 is 0 Å². The Kier molecular flexibility index (Phi) is 3.54. The fraction of sp³-hybridized carbons (Fsp3) is 1.00. The van der Waals surface area contributed by atoms with Gasteiger partial charge in [0, 0.05) is 25.7 Å². The van der Waals surface area contributed by atoms with Crippen LogP contribution in [0.2, 0.25) is 0 Å². The van der Waals surface area contributed by atoms with E-state index in [4.69, 9.17) is 5.73 Å². The molecular weight excluding hydrogens is 212 g/mol.